The van der Waals surface area contributed by atoms with Crippen molar-refractivity contribution in [1.82, 2.24) is 4.90 Å². The first-order valence-electron chi connectivity index (χ1n) is 8.54. The lowest BCUT2D eigenvalue weighted by Crippen LogP contribution is -2.32. The molecule has 0 saturated carbocycles. The van der Waals surface area contributed by atoms with E-state index in [1.165, 1.54) is 12.8 Å². The van der Waals surface area contributed by atoms with Crippen LogP contribution in [-0.2, 0) is 0 Å². The van der Waals surface area contributed by atoms with Gasteiger partial charge in [-0.25, -0.2) is 0 Å². The fraction of sp³-hybridized carbons (Fsp3) is 0.667. The number of fused-ring (bicyclic) bond motifs is 1. The molecule has 22 heavy (non-hydrogen) atoms. The van der Waals surface area contributed by atoms with Gasteiger partial charge in [0.25, 0.3) is 0 Å². The first-order valence-corrected chi connectivity index (χ1v) is 8.54. The van der Waals surface area contributed by atoms with Crippen LogP contribution in [0.2, 0.25) is 0 Å². The molecule has 4 nitrogen and oxygen atoms in total. The molecule has 1 N–H and O–H groups in total. The molecule has 0 radical (unpaired) electrons. The van der Waals surface area contributed by atoms with E-state index >= 15 is 0 Å². The Morgan fingerprint density at radius 1 is 1.32 bits per heavy atom. The topological polar surface area (TPSA) is 35.9 Å². The molecule has 0 bridgehead atoms. The van der Waals surface area contributed by atoms with Crippen LogP contribution in [0.4, 0.5) is 5.69 Å². The number of hydrogen-bond acceptors (Lipinski definition) is 4. The molecule has 1 atom stereocenters. The summed E-state index contributed by atoms with van der Waals surface area (Å²) in [6, 6.07) is 6.12. The Balaban J connectivity index is 1.94. The highest BCUT2D eigenvalue weighted by molar-refractivity contribution is 5.61. The zero-order chi connectivity index (χ0) is 15.9. The van der Waals surface area contributed by atoms with Crippen LogP contribution < -0.4 is 9.64 Å². The first-order chi connectivity index (χ1) is 10.7. The van der Waals surface area contributed by atoms with Crippen LogP contribution in [0.25, 0.3) is 0 Å². The van der Waals surface area contributed by atoms with E-state index in [2.05, 4.69) is 36.8 Å². The van der Waals surface area contributed by atoms with E-state index in [0.717, 1.165) is 56.2 Å². The quantitative estimate of drug-likeness (QED) is 0.801. The molecule has 0 spiro atoms. The highest BCUT2D eigenvalue weighted by Gasteiger charge is 2.19. The highest BCUT2D eigenvalue weighted by Crippen LogP contribution is 2.34. The Bertz CT molecular complexity index is 464. The summed E-state index contributed by atoms with van der Waals surface area (Å²) in [7, 11) is 2.12. The predicted molar refractivity (Wildman–Crippen MR) is 91.8 cm³/mol. The lowest BCUT2D eigenvalue weighted by molar-refractivity contribution is 0.148. The van der Waals surface area contributed by atoms with Gasteiger partial charge in [0.05, 0.1) is 18.3 Å². The zero-order valence-electron chi connectivity index (χ0n) is 14.2. The Morgan fingerprint density at radius 2 is 2.14 bits per heavy atom. The third kappa shape index (κ3) is 4.37. The lowest BCUT2D eigenvalue weighted by Gasteiger charge is -2.31. The number of unbranched alkanes of at least 4 members (excludes halogenated alkanes) is 1. The monoisotopic (exact) mass is 306 g/mol. The standard InChI is InChI=1S/C18H30N2O2/c1-4-6-10-19(3)11-9-17(21)15-7-8-16-18(14-15)22-13-12-20(16)5-2/h7-8,14,17,21H,4-6,9-13H2,1-3H3. The van der Waals surface area contributed by atoms with E-state index in [1.54, 1.807) is 0 Å². The molecule has 1 aromatic carbocycles. The van der Waals surface area contributed by atoms with Gasteiger partial charge in [-0.3, -0.25) is 0 Å². The Morgan fingerprint density at radius 3 is 2.86 bits per heavy atom. The molecule has 0 aliphatic carbocycles. The zero-order valence-corrected chi connectivity index (χ0v) is 14.2. The van der Waals surface area contributed by atoms with Gasteiger partial charge in [-0.2, -0.15) is 0 Å². The number of hydrogen-bond donors (Lipinski definition) is 1. The summed E-state index contributed by atoms with van der Waals surface area (Å²) in [5.41, 5.74) is 2.10. The number of nitrogens with zero attached hydrogens (tertiary/aromatic N) is 2. The molecule has 1 heterocycles. The minimum Gasteiger partial charge on any atom is -0.490 e. The highest BCUT2D eigenvalue weighted by atomic mass is 16.5. The van der Waals surface area contributed by atoms with E-state index < -0.39 is 6.10 Å². The molecule has 0 saturated heterocycles. The fourth-order valence-electron chi connectivity index (χ4n) is 2.88. The summed E-state index contributed by atoms with van der Waals surface area (Å²) < 4.78 is 5.76. The van der Waals surface area contributed by atoms with E-state index in [4.69, 9.17) is 4.74 Å². The number of aliphatic hydroxyl groups is 1. The van der Waals surface area contributed by atoms with E-state index in [0.29, 0.717) is 0 Å². The molecule has 0 amide bonds. The van der Waals surface area contributed by atoms with Crippen molar-refractivity contribution in [1.29, 1.82) is 0 Å². The average molecular weight is 306 g/mol. The fourth-order valence-corrected chi connectivity index (χ4v) is 2.88. The van der Waals surface area contributed by atoms with Gasteiger partial charge in [0.15, 0.2) is 0 Å². The maximum Gasteiger partial charge on any atom is 0.143 e. The molecule has 1 unspecified atom stereocenters. The van der Waals surface area contributed by atoms with E-state index in [-0.39, 0.29) is 0 Å². The molecule has 0 fully saturated rings. The van der Waals surface area contributed by atoms with E-state index in [1.807, 2.05) is 12.1 Å². The minimum atomic E-state index is -0.421. The van der Waals surface area contributed by atoms with Crippen molar-refractivity contribution in [3.05, 3.63) is 23.8 Å². The minimum absolute atomic E-state index is 0.421. The number of ether oxygens (including phenoxy) is 1. The smallest absolute Gasteiger partial charge is 0.143 e. The molecular weight excluding hydrogens is 276 g/mol. The predicted octanol–water partition coefficient (Wildman–Crippen LogP) is 3.06. The van der Waals surface area contributed by atoms with Crippen LogP contribution in [0.3, 0.4) is 0 Å². The molecule has 4 heteroatoms. The van der Waals surface area contributed by atoms with Gasteiger partial charge in [-0.15, -0.1) is 0 Å². The summed E-state index contributed by atoms with van der Waals surface area (Å²) in [4.78, 5) is 4.61. The van der Waals surface area contributed by atoms with E-state index in [9.17, 15) is 5.11 Å². The van der Waals surface area contributed by atoms with Gasteiger partial charge in [0, 0.05) is 13.1 Å². The molecule has 1 aliphatic rings. The van der Waals surface area contributed by atoms with Crippen LogP contribution >= 0.6 is 0 Å². The maximum atomic E-state index is 10.4. The summed E-state index contributed by atoms with van der Waals surface area (Å²) in [6.07, 6.45) is 2.76. The van der Waals surface area contributed by atoms with Gasteiger partial charge >= 0.3 is 0 Å². The second kappa shape index (κ2) is 8.39. The third-order valence-electron chi connectivity index (χ3n) is 4.39. The maximum absolute atomic E-state index is 10.4. The number of rotatable bonds is 8. The summed E-state index contributed by atoms with van der Waals surface area (Å²) in [5, 5.41) is 10.4. The van der Waals surface area contributed by atoms with Crippen LogP contribution in [0.15, 0.2) is 18.2 Å². The molecule has 2 rings (SSSR count). The van der Waals surface area contributed by atoms with Crippen molar-refractivity contribution < 1.29 is 9.84 Å². The number of benzene rings is 1. The van der Waals surface area contributed by atoms with Crippen molar-refractivity contribution in [2.75, 3.05) is 44.7 Å². The lowest BCUT2D eigenvalue weighted by atomic mass is 10.0. The Hall–Kier alpha value is -1.26. The second-order valence-electron chi connectivity index (χ2n) is 6.12. The summed E-state index contributed by atoms with van der Waals surface area (Å²) >= 11 is 0. The number of anilines is 1. The SMILES string of the molecule is CCCCN(C)CCC(O)c1ccc2c(c1)OCCN2CC. The summed E-state index contributed by atoms with van der Waals surface area (Å²) in [5.74, 6) is 0.906. The number of likely N-dealkylation sites (N-methyl/N-ethyl adjacent to an activating group) is 1. The average Bonchev–Trinajstić information content (AvgIpc) is 2.56. The normalized spacial score (nSPS) is 15.6. The molecular formula is C18H30N2O2. The first kappa shape index (κ1) is 17.1. The van der Waals surface area contributed by atoms with Gasteiger partial charge in [0.2, 0.25) is 0 Å². The van der Waals surface area contributed by atoms with Crippen molar-refractivity contribution >= 4 is 5.69 Å². The van der Waals surface area contributed by atoms with Crippen molar-refractivity contribution in [3.63, 3.8) is 0 Å². The molecule has 0 aromatic heterocycles. The van der Waals surface area contributed by atoms with Gasteiger partial charge in [-0.1, -0.05) is 19.4 Å². The molecule has 124 valence electrons. The van der Waals surface area contributed by atoms with Crippen LogP contribution in [0.1, 0.15) is 44.8 Å². The largest absolute Gasteiger partial charge is 0.490 e. The van der Waals surface area contributed by atoms with Gasteiger partial charge < -0.3 is 19.6 Å². The van der Waals surface area contributed by atoms with Crippen LogP contribution in [0.5, 0.6) is 5.75 Å². The van der Waals surface area contributed by atoms with Crippen molar-refractivity contribution in [3.8, 4) is 5.75 Å². The van der Waals surface area contributed by atoms with Crippen LogP contribution in [0, 0.1) is 0 Å². The van der Waals surface area contributed by atoms with Gasteiger partial charge in [0.1, 0.15) is 12.4 Å². The third-order valence-corrected chi connectivity index (χ3v) is 4.39. The molecule has 1 aromatic rings. The van der Waals surface area contributed by atoms with Crippen molar-refractivity contribution in [2.24, 2.45) is 0 Å². The molecule has 1 aliphatic heterocycles. The second-order valence-corrected chi connectivity index (χ2v) is 6.12. The van der Waals surface area contributed by atoms with Gasteiger partial charge in [-0.05, 0) is 51.1 Å². The number of aliphatic hydroxyl groups excluding tert-OH is 1. The van der Waals surface area contributed by atoms with Crippen molar-refractivity contribution in [2.45, 2.75) is 39.2 Å². The van der Waals surface area contributed by atoms with Crippen LogP contribution in [-0.4, -0.2) is 49.8 Å². The Labute approximate surface area is 134 Å². The summed E-state index contributed by atoms with van der Waals surface area (Å²) in [6.45, 7) is 9.02. The Kier molecular flexibility index (Phi) is 6.52.